The lowest BCUT2D eigenvalue weighted by molar-refractivity contribution is 0.386. The molecule has 1 aliphatic rings. The van der Waals surface area contributed by atoms with Gasteiger partial charge in [-0.2, -0.15) is 0 Å². The molecule has 1 aliphatic heterocycles. The molecule has 0 amide bonds. The smallest absolute Gasteiger partial charge is 0.119 e. The third-order valence-electron chi connectivity index (χ3n) is 3.55. The molecule has 0 saturated carbocycles. The topological polar surface area (TPSA) is 33.3 Å². The van der Waals surface area contributed by atoms with Crippen LogP contribution in [0.5, 0.6) is 5.75 Å². The third-order valence-corrected chi connectivity index (χ3v) is 3.55. The van der Waals surface area contributed by atoms with Gasteiger partial charge in [0.05, 0.1) is 7.11 Å². The molecule has 3 heteroatoms. The minimum absolute atomic E-state index is 0.719. The number of ether oxygens (including phenoxy) is 1. The molecule has 1 aromatic rings. The van der Waals surface area contributed by atoms with E-state index in [4.69, 9.17) is 4.74 Å². The predicted molar refractivity (Wildman–Crippen MR) is 75.2 cm³/mol. The minimum Gasteiger partial charge on any atom is -0.497 e. The van der Waals surface area contributed by atoms with E-state index < -0.39 is 0 Å². The van der Waals surface area contributed by atoms with Gasteiger partial charge in [0.1, 0.15) is 5.75 Å². The molecule has 1 heterocycles. The van der Waals surface area contributed by atoms with Gasteiger partial charge in [-0.25, -0.2) is 0 Å². The highest BCUT2D eigenvalue weighted by Crippen LogP contribution is 2.13. The second kappa shape index (κ2) is 7.39. The standard InChI is InChI=1S/C15H24N2O/c1-18-15-6-2-4-13(12-15)5-3-9-17-14-7-10-16-11-8-14/h2,4,6,12,14,16-17H,3,5,7-11H2,1H3. The number of piperidine rings is 1. The Morgan fingerprint density at radius 1 is 1.33 bits per heavy atom. The first kappa shape index (κ1) is 13.4. The zero-order chi connectivity index (χ0) is 12.6. The molecule has 0 bridgehead atoms. The summed E-state index contributed by atoms with van der Waals surface area (Å²) in [6.07, 6.45) is 4.84. The molecule has 3 nitrogen and oxygen atoms in total. The van der Waals surface area contributed by atoms with Crippen molar-refractivity contribution >= 4 is 0 Å². The molecule has 2 rings (SSSR count). The molecule has 2 N–H and O–H groups in total. The SMILES string of the molecule is COc1cccc(CCCNC2CCNCC2)c1. The summed E-state index contributed by atoms with van der Waals surface area (Å²) < 4.78 is 5.23. The van der Waals surface area contributed by atoms with Gasteiger partial charge in [-0.1, -0.05) is 12.1 Å². The maximum absolute atomic E-state index is 5.23. The van der Waals surface area contributed by atoms with Crippen molar-refractivity contribution in [2.45, 2.75) is 31.7 Å². The second-order valence-electron chi connectivity index (χ2n) is 4.93. The Balaban J connectivity index is 1.65. The van der Waals surface area contributed by atoms with Gasteiger partial charge in [-0.3, -0.25) is 0 Å². The lowest BCUT2D eigenvalue weighted by atomic mass is 10.1. The van der Waals surface area contributed by atoms with Gasteiger partial charge in [-0.05, 0) is 63.0 Å². The van der Waals surface area contributed by atoms with Crippen LogP contribution in [0.15, 0.2) is 24.3 Å². The van der Waals surface area contributed by atoms with Crippen LogP contribution in [-0.4, -0.2) is 32.8 Å². The first-order chi connectivity index (χ1) is 8.88. The van der Waals surface area contributed by atoms with Gasteiger partial charge in [0.2, 0.25) is 0 Å². The molecular weight excluding hydrogens is 224 g/mol. The highest BCUT2D eigenvalue weighted by atomic mass is 16.5. The van der Waals surface area contributed by atoms with E-state index in [1.165, 1.54) is 24.8 Å². The van der Waals surface area contributed by atoms with Crippen molar-refractivity contribution in [3.8, 4) is 5.75 Å². The van der Waals surface area contributed by atoms with Crippen molar-refractivity contribution in [1.82, 2.24) is 10.6 Å². The molecule has 0 aromatic heterocycles. The molecule has 1 fully saturated rings. The van der Waals surface area contributed by atoms with E-state index in [1.54, 1.807) is 7.11 Å². The zero-order valence-corrected chi connectivity index (χ0v) is 11.2. The Bertz CT molecular complexity index is 348. The number of aryl methyl sites for hydroxylation is 1. The summed E-state index contributed by atoms with van der Waals surface area (Å²) in [4.78, 5) is 0. The molecule has 0 spiro atoms. The van der Waals surface area contributed by atoms with Crippen LogP contribution < -0.4 is 15.4 Å². The van der Waals surface area contributed by atoms with Crippen molar-refractivity contribution in [2.75, 3.05) is 26.7 Å². The number of hydrogen-bond acceptors (Lipinski definition) is 3. The molecule has 0 unspecified atom stereocenters. The Morgan fingerprint density at radius 2 is 2.17 bits per heavy atom. The first-order valence-electron chi connectivity index (χ1n) is 6.95. The van der Waals surface area contributed by atoms with Gasteiger partial charge in [0, 0.05) is 6.04 Å². The summed E-state index contributed by atoms with van der Waals surface area (Å²) >= 11 is 0. The fourth-order valence-electron chi connectivity index (χ4n) is 2.45. The average Bonchev–Trinajstić information content (AvgIpc) is 2.45. The van der Waals surface area contributed by atoms with Crippen molar-refractivity contribution in [3.05, 3.63) is 29.8 Å². The molecule has 1 aromatic carbocycles. The number of rotatable bonds is 6. The molecular formula is C15H24N2O. The van der Waals surface area contributed by atoms with Crippen LogP contribution in [0.4, 0.5) is 0 Å². The normalized spacial score (nSPS) is 16.7. The summed E-state index contributed by atoms with van der Waals surface area (Å²) in [5.41, 5.74) is 1.36. The Kier molecular flexibility index (Phi) is 5.49. The van der Waals surface area contributed by atoms with E-state index in [2.05, 4.69) is 28.8 Å². The molecule has 100 valence electrons. The quantitative estimate of drug-likeness (QED) is 0.755. The minimum atomic E-state index is 0.719. The largest absolute Gasteiger partial charge is 0.497 e. The summed E-state index contributed by atoms with van der Waals surface area (Å²) in [5, 5.41) is 7.04. The van der Waals surface area contributed by atoms with Crippen LogP contribution in [0.25, 0.3) is 0 Å². The van der Waals surface area contributed by atoms with Gasteiger partial charge in [-0.15, -0.1) is 0 Å². The van der Waals surface area contributed by atoms with Gasteiger partial charge >= 0.3 is 0 Å². The van der Waals surface area contributed by atoms with E-state index in [0.29, 0.717) is 0 Å². The van der Waals surface area contributed by atoms with E-state index in [9.17, 15) is 0 Å². The van der Waals surface area contributed by atoms with E-state index in [0.717, 1.165) is 37.8 Å². The maximum Gasteiger partial charge on any atom is 0.119 e. The summed E-state index contributed by atoms with van der Waals surface area (Å²) in [6.45, 7) is 3.43. The first-order valence-corrected chi connectivity index (χ1v) is 6.95. The fraction of sp³-hybridized carbons (Fsp3) is 0.600. The van der Waals surface area contributed by atoms with Crippen molar-refractivity contribution < 1.29 is 4.74 Å². The Morgan fingerprint density at radius 3 is 2.94 bits per heavy atom. The summed E-state index contributed by atoms with van der Waals surface area (Å²) in [7, 11) is 1.72. The van der Waals surface area contributed by atoms with E-state index in [-0.39, 0.29) is 0 Å². The van der Waals surface area contributed by atoms with Crippen molar-refractivity contribution in [3.63, 3.8) is 0 Å². The van der Waals surface area contributed by atoms with Crippen LogP contribution in [0.2, 0.25) is 0 Å². The van der Waals surface area contributed by atoms with Crippen molar-refractivity contribution in [2.24, 2.45) is 0 Å². The predicted octanol–water partition coefficient (Wildman–Crippen LogP) is 1.97. The van der Waals surface area contributed by atoms with Crippen molar-refractivity contribution in [1.29, 1.82) is 0 Å². The molecule has 0 aliphatic carbocycles. The molecule has 1 saturated heterocycles. The van der Waals surface area contributed by atoms with Gasteiger partial charge < -0.3 is 15.4 Å². The maximum atomic E-state index is 5.23. The number of methoxy groups -OCH3 is 1. The second-order valence-corrected chi connectivity index (χ2v) is 4.93. The lowest BCUT2D eigenvalue weighted by Crippen LogP contribution is -2.40. The van der Waals surface area contributed by atoms with Crippen LogP contribution in [0.1, 0.15) is 24.8 Å². The van der Waals surface area contributed by atoms with Crippen LogP contribution in [0.3, 0.4) is 0 Å². The van der Waals surface area contributed by atoms with Gasteiger partial charge in [0.15, 0.2) is 0 Å². The number of benzene rings is 1. The monoisotopic (exact) mass is 248 g/mol. The zero-order valence-electron chi connectivity index (χ0n) is 11.2. The number of nitrogens with one attached hydrogen (secondary N) is 2. The number of hydrogen-bond donors (Lipinski definition) is 2. The molecule has 18 heavy (non-hydrogen) atoms. The Hall–Kier alpha value is -1.06. The Labute approximate surface area is 110 Å². The highest BCUT2D eigenvalue weighted by molar-refractivity contribution is 5.28. The lowest BCUT2D eigenvalue weighted by Gasteiger charge is -2.23. The van der Waals surface area contributed by atoms with Crippen LogP contribution in [0, 0.1) is 0 Å². The van der Waals surface area contributed by atoms with Crippen LogP contribution >= 0.6 is 0 Å². The van der Waals surface area contributed by atoms with Crippen LogP contribution in [-0.2, 0) is 6.42 Å². The molecule has 0 radical (unpaired) electrons. The van der Waals surface area contributed by atoms with Gasteiger partial charge in [0.25, 0.3) is 0 Å². The average molecular weight is 248 g/mol. The summed E-state index contributed by atoms with van der Waals surface area (Å²) in [6, 6.07) is 9.08. The highest BCUT2D eigenvalue weighted by Gasteiger charge is 2.11. The van der Waals surface area contributed by atoms with E-state index in [1.807, 2.05) is 6.07 Å². The van der Waals surface area contributed by atoms with E-state index >= 15 is 0 Å². The molecule has 0 atom stereocenters. The fourth-order valence-corrected chi connectivity index (χ4v) is 2.45. The summed E-state index contributed by atoms with van der Waals surface area (Å²) in [5.74, 6) is 0.957. The third kappa shape index (κ3) is 4.31.